The smallest absolute Gasteiger partial charge is 1.00 e. The molecule has 1 aliphatic heterocycles. The van der Waals surface area contributed by atoms with E-state index in [2.05, 4.69) is 9.69 Å². The zero-order chi connectivity index (χ0) is 14.4. The fourth-order valence-electron chi connectivity index (χ4n) is 2.34. The van der Waals surface area contributed by atoms with Gasteiger partial charge in [0.2, 0.25) is 0 Å². The van der Waals surface area contributed by atoms with Gasteiger partial charge >= 0.3 is 25.2 Å². The van der Waals surface area contributed by atoms with Gasteiger partial charge in [-0.05, 0) is 19.9 Å². The van der Waals surface area contributed by atoms with Crippen molar-refractivity contribution in [2.45, 2.75) is 20.0 Å². The largest absolute Gasteiger partial charge is 2.00 e. The fourth-order valence-corrected chi connectivity index (χ4v) is 2.34. The minimum absolute atomic E-state index is 0. The Bertz CT molecular complexity index is 458. The van der Waals surface area contributed by atoms with E-state index in [1.807, 2.05) is 19.9 Å². The molecule has 22 heavy (non-hydrogen) atoms. The summed E-state index contributed by atoms with van der Waals surface area (Å²) in [5.41, 5.74) is 10.6. The number of nitrogens with zero attached hydrogens (tertiary/aromatic N) is 3. The monoisotopic (exact) mass is 378 g/mol. The number of halogens is 1. The Morgan fingerprint density at radius 2 is 2.00 bits per heavy atom. The Balaban J connectivity index is 0.00000220. The Morgan fingerprint density at radius 1 is 1.32 bits per heavy atom. The summed E-state index contributed by atoms with van der Waals surface area (Å²) in [6.07, 6.45) is 3.36. The molecule has 0 aromatic carbocycles. The number of ether oxygens (including phenoxy) is 3. The first kappa shape index (κ1) is 21.3. The van der Waals surface area contributed by atoms with E-state index < -0.39 is 0 Å². The second-order valence-electron chi connectivity index (χ2n) is 4.49. The molecule has 0 aromatic rings. The number of morpholine rings is 1. The van der Waals surface area contributed by atoms with Crippen LogP contribution in [0.4, 0.5) is 0 Å². The van der Waals surface area contributed by atoms with E-state index in [1.165, 1.54) is 0 Å². The minimum Gasteiger partial charge on any atom is -1.00 e. The maximum Gasteiger partial charge on any atom is 2.00 e. The van der Waals surface area contributed by atoms with Gasteiger partial charge in [0, 0.05) is 19.7 Å². The van der Waals surface area contributed by atoms with Gasteiger partial charge in [0.15, 0.2) is 6.10 Å². The van der Waals surface area contributed by atoms with Crippen molar-refractivity contribution in [1.82, 2.24) is 4.90 Å². The van der Waals surface area contributed by atoms with E-state index in [1.54, 1.807) is 6.08 Å². The van der Waals surface area contributed by atoms with Gasteiger partial charge in [-0.1, -0.05) is 0 Å². The summed E-state index contributed by atoms with van der Waals surface area (Å²) in [7, 11) is 0. The maximum atomic E-state index is 9.12. The number of hydrogen-bond donors (Lipinski definition) is 0. The minimum atomic E-state index is -0.341. The van der Waals surface area contributed by atoms with E-state index >= 15 is 0 Å². The van der Waals surface area contributed by atoms with Crippen molar-refractivity contribution < 1.29 is 50.9 Å². The van der Waals surface area contributed by atoms with Crippen molar-refractivity contribution in [1.29, 1.82) is 0 Å². The van der Waals surface area contributed by atoms with E-state index in [9.17, 15) is 0 Å². The summed E-state index contributed by atoms with van der Waals surface area (Å²) in [6, 6.07) is 0. The quantitative estimate of drug-likeness (QED) is 0.321. The molecule has 2 aliphatic rings. The van der Waals surface area contributed by atoms with Gasteiger partial charge < -0.3 is 37.0 Å². The normalized spacial score (nSPS) is 20.9. The van der Waals surface area contributed by atoms with Gasteiger partial charge in [-0.3, -0.25) is 0 Å². The number of hydrogen-bond acceptors (Lipinski definition) is 4. The molecule has 118 valence electrons. The Labute approximate surface area is 150 Å². The molecular weight excluding hydrogens is 359 g/mol. The molecular formula is C14H21ClN3O3Zn+. The first-order valence-electron chi connectivity index (χ1n) is 7.03. The summed E-state index contributed by atoms with van der Waals surface area (Å²) < 4.78 is 16.7. The van der Waals surface area contributed by atoms with Crippen LogP contribution in [0.15, 0.2) is 23.6 Å². The van der Waals surface area contributed by atoms with Crippen LogP contribution in [-0.4, -0.2) is 61.0 Å². The van der Waals surface area contributed by atoms with E-state index in [0.717, 1.165) is 24.5 Å². The molecule has 1 unspecified atom stereocenters. The van der Waals surface area contributed by atoms with Crippen molar-refractivity contribution in [3.05, 3.63) is 29.1 Å². The van der Waals surface area contributed by atoms with E-state index in [0.29, 0.717) is 32.1 Å². The third-order valence-corrected chi connectivity index (χ3v) is 3.25. The zero-order valence-electron chi connectivity index (χ0n) is 13.1. The van der Waals surface area contributed by atoms with E-state index in [4.69, 9.17) is 19.7 Å². The second-order valence-corrected chi connectivity index (χ2v) is 4.49. The predicted molar refractivity (Wildman–Crippen MR) is 74.2 cm³/mol. The Hall–Kier alpha value is -0.707. The van der Waals surface area contributed by atoms with Crippen LogP contribution in [0.5, 0.6) is 0 Å². The standard InChI is InChI=1S/C14H21N3O3.ClH.Zn/c1-3-19-13-10-12(17-5-7-18-8-6-17)14(20-4-2)9-11(13)16-15;;/h9-10,13H,3-8H2,1-2H3;1H;/q;;+2/p-1. The van der Waals surface area contributed by atoms with Gasteiger partial charge in [0.05, 0.1) is 31.6 Å². The van der Waals surface area contributed by atoms with Crippen LogP contribution in [-0.2, 0) is 33.7 Å². The van der Waals surface area contributed by atoms with Crippen molar-refractivity contribution in [3.63, 3.8) is 0 Å². The first-order valence-corrected chi connectivity index (χ1v) is 7.03. The third kappa shape index (κ3) is 5.18. The van der Waals surface area contributed by atoms with Gasteiger partial charge in [-0.2, -0.15) is 4.79 Å². The van der Waals surface area contributed by atoms with Crippen LogP contribution in [0.2, 0.25) is 0 Å². The molecule has 1 aliphatic carbocycles. The summed E-state index contributed by atoms with van der Waals surface area (Å²) in [6.45, 7) is 8.01. The predicted octanol–water partition coefficient (Wildman–Crippen LogP) is -1.79. The van der Waals surface area contributed by atoms with Crippen molar-refractivity contribution in [2.24, 2.45) is 0 Å². The van der Waals surface area contributed by atoms with E-state index in [-0.39, 0.29) is 38.0 Å². The molecule has 0 spiro atoms. The average molecular weight is 380 g/mol. The second kappa shape index (κ2) is 10.9. The van der Waals surface area contributed by atoms with Crippen LogP contribution in [0.25, 0.3) is 5.53 Å². The molecule has 0 amide bonds. The molecule has 8 heteroatoms. The summed E-state index contributed by atoms with van der Waals surface area (Å²) in [4.78, 5) is 5.52. The molecule has 2 rings (SSSR count). The molecule has 0 bridgehead atoms. The van der Waals surface area contributed by atoms with Gasteiger partial charge in [-0.25, -0.2) is 0 Å². The number of rotatable bonds is 5. The molecule has 0 saturated carbocycles. The third-order valence-electron chi connectivity index (χ3n) is 3.25. The van der Waals surface area contributed by atoms with Crippen LogP contribution in [0.1, 0.15) is 13.8 Å². The Kier molecular flexibility index (Phi) is 10.6. The van der Waals surface area contributed by atoms with Crippen molar-refractivity contribution >= 4 is 5.71 Å². The molecule has 1 atom stereocenters. The molecule has 1 fully saturated rings. The Morgan fingerprint density at radius 3 is 2.55 bits per heavy atom. The van der Waals surface area contributed by atoms with Crippen LogP contribution >= 0.6 is 0 Å². The summed E-state index contributed by atoms with van der Waals surface area (Å²) in [5.74, 6) is 0.721. The average Bonchev–Trinajstić information content (AvgIpc) is 2.49. The summed E-state index contributed by atoms with van der Waals surface area (Å²) in [5, 5.41) is 0. The molecule has 0 N–H and O–H groups in total. The SMILES string of the molecule is CCOC1=CC(=[N+]=[N-])C(OCC)C=C1N1CCOCC1.[Cl-].[Zn+2]. The van der Waals surface area contributed by atoms with Crippen molar-refractivity contribution in [3.8, 4) is 0 Å². The maximum absolute atomic E-state index is 9.12. The zero-order valence-corrected chi connectivity index (χ0v) is 16.8. The van der Waals surface area contributed by atoms with Gasteiger partial charge in [-0.15, -0.1) is 0 Å². The molecule has 1 heterocycles. The van der Waals surface area contributed by atoms with Gasteiger partial charge in [0.1, 0.15) is 5.76 Å². The molecule has 0 radical (unpaired) electrons. The van der Waals surface area contributed by atoms with Crippen LogP contribution in [0.3, 0.4) is 0 Å². The fraction of sp³-hybridized carbons (Fsp3) is 0.643. The van der Waals surface area contributed by atoms with Crippen molar-refractivity contribution in [2.75, 3.05) is 39.5 Å². The molecule has 6 nitrogen and oxygen atoms in total. The first-order chi connectivity index (χ1) is 9.80. The van der Waals surface area contributed by atoms with Crippen LogP contribution < -0.4 is 12.4 Å². The van der Waals surface area contributed by atoms with Gasteiger partial charge in [0.25, 0.3) is 0 Å². The summed E-state index contributed by atoms with van der Waals surface area (Å²) >= 11 is 0. The molecule has 0 aromatic heterocycles. The topological polar surface area (TPSA) is 67.3 Å². The molecule has 1 saturated heterocycles. The van der Waals surface area contributed by atoms with Crippen LogP contribution in [0, 0.1) is 0 Å².